The minimum atomic E-state index is -4.85. The van der Waals surface area contributed by atoms with Crippen LogP contribution >= 0.6 is 0 Å². The number of carbonyl (C=O) groups excluding carboxylic acids is 4. The highest BCUT2D eigenvalue weighted by atomic mass is 19.4. The summed E-state index contributed by atoms with van der Waals surface area (Å²) in [6.45, 7) is 4.30. The predicted octanol–water partition coefficient (Wildman–Crippen LogP) is 22.2. The Bertz CT molecular complexity index is 6660. The van der Waals surface area contributed by atoms with E-state index in [2.05, 4.69) is 50.8 Å². The first-order valence-corrected chi connectivity index (χ1v) is 39.3. The highest BCUT2D eigenvalue weighted by molar-refractivity contribution is 5.96. The second-order valence-corrected chi connectivity index (χ2v) is 27.8. The van der Waals surface area contributed by atoms with Crippen molar-refractivity contribution in [2.75, 3.05) is 34.4 Å². The van der Waals surface area contributed by atoms with Crippen molar-refractivity contribution >= 4 is 47.0 Å². The van der Waals surface area contributed by atoms with Gasteiger partial charge in [-0.25, -0.2) is 36.7 Å². The lowest BCUT2D eigenvalue weighted by Gasteiger charge is -2.16. The van der Waals surface area contributed by atoms with Gasteiger partial charge in [0.15, 0.2) is 0 Å². The van der Waals surface area contributed by atoms with Crippen molar-refractivity contribution in [1.82, 2.24) is 28.9 Å². The third-order valence-corrected chi connectivity index (χ3v) is 18.3. The Labute approximate surface area is 747 Å². The second-order valence-electron chi connectivity index (χ2n) is 27.8. The molecule has 0 atom stereocenters. The van der Waals surface area contributed by atoms with Crippen molar-refractivity contribution in [1.29, 1.82) is 0 Å². The summed E-state index contributed by atoms with van der Waals surface area (Å²) in [6, 6.07) is 61.3. The van der Waals surface area contributed by atoms with E-state index in [9.17, 15) is 109 Å². The average Bonchev–Trinajstić information content (AvgIpc) is 0.801. The number of hydrogen-bond acceptors (Lipinski definition) is 14. The zero-order chi connectivity index (χ0) is 96.6. The molecule has 0 aliphatic carbocycles. The van der Waals surface area contributed by atoms with Crippen LogP contribution in [-0.2, 0) is 11.3 Å². The first-order valence-electron chi connectivity index (χ1n) is 39.3. The molecule has 4 aromatic heterocycles. The van der Waals surface area contributed by atoms with Gasteiger partial charge in [0.05, 0.1) is 29.4 Å². The Morgan fingerprint density at radius 3 is 0.836 bits per heavy atom. The Kier molecular flexibility index (Phi) is 32.1. The number of alkyl halides is 12. The molecule has 0 radical (unpaired) electrons. The monoisotopic (exact) mass is 1870 g/mol. The fourth-order valence-electron chi connectivity index (χ4n) is 12.4. The molecule has 0 unspecified atom stereocenters. The van der Waals surface area contributed by atoms with E-state index in [4.69, 9.17) is 9.47 Å². The van der Waals surface area contributed by atoms with Crippen LogP contribution in [0.5, 0.6) is 28.7 Å². The molecule has 0 saturated carbocycles. The number of pyridine rings is 4. The molecule has 0 spiro atoms. The van der Waals surface area contributed by atoms with E-state index in [0.717, 1.165) is 66.2 Å². The van der Waals surface area contributed by atoms with E-state index in [1.807, 2.05) is 37.3 Å². The van der Waals surface area contributed by atoms with Crippen LogP contribution < -0.4 is 77.8 Å². The number of amides is 6. The molecule has 14 rings (SSSR count). The smallest absolute Gasteiger partial charge is 0.450 e. The summed E-state index contributed by atoms with van der Waals surface area (Å²) in [5, 5.41) is 15.6. The molecule has 14 aromatic rings. The first-order chi connectivity index (χ1) is 63.7. The maximum atomic E-state index is 13.5. The number of nitrogens with zero attached hydrogens (tertiary/aromatic N) is 4. The van der Waals surface area contributed by atoms with Crippen molar-refractivity contribution in [3.63, 3.8) is 0 Å². The Morgan fingerprint density at radius 1 is 0.306 bits per heavy atom. The standard InChI is InChI=1S/C26H19F4N3O3.C25H16F4N2O4.C22H19F4N3O3.C21H16F4N2O4/c27-19-8-6-18(7-9-19)22-16-33(20-10-12-21(13-11-20)36-26(28,29)30)24(34)14-23(22)32-25(35)31-15-17-4-2-1-3-5-17;26-17-8-6-16(7-9-17)21-15-31(18-10-12-20(13-11-18)35-25(27,28)29)23(32)14-22(21)30-24(33)34-19-4-2-1-3-5-19;1-2-11-27-21(31)28-19-12-20(30)29(13-18(19)14-3-5-15(23)6-4-14)16-7-9-17(10-8-16)32-22(24,25)26;1-2-30-20(29)26-18-11-19(28)27(12-17(18)13-3-5-14(22)6-4-13)15-7-9-16(10-8-15)31-21(23,24)25/h1-14,16H,15H2,(H2,31,32,35);1-15H,(H,30,33);3-10,12-13H,2,11H2,1H3,(H2,27,28,31);3-12H,2H2,1H3,(H,26,29). The Hall–Kier alpha value is -16.8. The summed E-state index contributed by atoms with van der Waals surface area (Å²) < 4.78 is 233. The minimum Gasteiger partial charge on any atom is -0.450 e. The van der Waals surface area contributed by atoms with E-state index in [-0.39, 0.29) is 64.4 Å². The lowest BCUT2D eigenvalue weighted by Crippen LogP contribution is -2.30. The quantitative estimate of drug-likeness (QED) is 0.0344. The maximum absolute atomic E-state index is 13.5. The largest absolute Gasteiger partial charge is 0.573 e. The number of halogens is 16. The van der Waals surface area contributed by atoms with E-state index in [0.29, 0.717) is 57.5 Å². The van der Waals surface area contributed by atoms with Crippen LogP contribution in [0.15, 0.2) is 323 Å². The summed E-state index contributed by atoms with van der Waals surface area (Å²) >= 11 is 0. The van der Waals surface area contributed by atoms with E-state index >= 15 is 0 Å². The van der Waals surface area contributed by atoms with Gasteiger partial charge >= 0.3 is 49.7 Å². The summed E-state index contributed by atoms with van der Waals surface area (Å²) in [5.74, 6) is -3.37. The van der Waals surface area contributed by atoms with Crippen LogP contribution in [0, 0.1) is 23.3 Å². The molecule has 0 aliphatic rings. The predicted molar refractivity (Wildman–Crippen MR) is 463 cm³/mol. The van der Waals surface area contributed by atoms with E-state index in [1.165, 1.54) is 201 Å². The molecule has 0 fully saturated rings. The lowest BCUT2D eigenvalue weighted by molar-refractivity contribution is -0.275. The number of aromatic nitrogens is 4. The maximum Gasteiger partial charge on any atom is 0.573 e. The molecule has 0 saturated heterocycles. The van der Waals surface area contributed by atoms with Crippen LogP contribution in [0.3, 0.4) is 0 Å². The Morgan fingerprint density at radius 2 is 0.567 bits per heavy atom. The van der Waals surface area contributed by atoms with Gasteiger partial charge in [0.1, 0.15) is 52.0 Å². The number of anilines is 4. The zero-order valence-corrected chi connectivity index (χ0v) is 69.2. The summed E-state index contributed by atoms with van der Waals surface area (Å²) in [4.78, 5) is 100. The fourth-order valence-corrected chi connectivity index (χ4v) is 12.4. The van der Waals surface area contributed by atoms with Gasteiger partial charge in [-0.05, 0) is 199 Å². The van der Waals surface area contributed by atoms with Gasteiger partial charge in [0, 0.05) is 107 Å². The van der Waals surface area contributed by atoms with Crippen LogP contribution in [0.1, 0.15) is 25.8 Å². The zero-order valence-electron chi connectivity index (χ0n) is 69.2. The number of carbonyl (C=O) groups is 4. The van der Waals surface area contributed by atoms with Crippen molar-refractivity contribution < 1.29 is 118 Å². The molecule has 0 bridgehead atoms. The topological polar surface area (TPSA) is 284 Å². The van der Waals surface area contributed by atoms with Crippen LogP contribution in [0.25, 0.3) is 67.3 Å². The highest BCUT2D eigenvalue weighted by Gasteiger charge is 2.34. The van der Waals surface area contributed by atoms with Gasteiger partial charge in [0.25, 0.3) is 22.2 Å². The van der Waals surface area contributed by atoms with Crippen LogP contribution in [-0.4, -0.2) is 81.1 Å². The van der Waals surface area contributed by atoms with Crippen molar-refractivity contribution in [3.05, 3.63) is 374 Å². The summed E-state index contributed by atoms with van der Waals surface area (Å²) in [5.41, 5.74) is 3.72. The minimum absolute atomic E-state index is 0.0933. The number of benzene rings is 10. The number of rotatable bonds is 22. The van der Waals surface area contributed by atoms with Crippen LogP contribution in [0.2, 0.25) is 0 Å². The molecule has 10 aromatic carbocycles. The third-order valence-electron chi connectivity index (χ3n) is 18.3. The molecule has 6 amide bonds. The lowest BCUT2D eigenvalue weighted by atomic mass is 10.1. The molecule has 4 heterocycles. The molecule has 692 valence electrons. The number of urea groups is 2. The highest BCUT2D eigenvalue weighted by Crippen LogP contribution is 2.36. The number of hydrogen-bond donors (Lipinski definition) is 6. The molecule has 0 aliphatic heterocycles. The van der Waals surface area contributed by atoms with Gasteiger partial charge in [-0.15, -0.1) is 52.7 Å². The van der Waals surface area contributed by atoms with Gasteiger partial charge < -0.3 is 49.7 Å². The van der Waals surface area contributed by atoms with E-state index in [1.54, 1.807) is 37.3 Å². The van der Waals surface area contributed by atoms with Gasteiger partial charge in [0.2, 0.25) is 0 Å². The van der Waals surface area contributed by atoms with Crippen molar-refractivity contribution in [2.45, 2.75) is 52.3 Å². The molecule has 24 nitrogen and oxygen atoms in total. The average molecular weight is 1870 g/mol. The molecular formula is C94H70F16N10O14. The number of para-hydroxylation sites is 1. The van der Waals surface area contributed by atoms with Gasteiger partial charge in [-0.2, -0.15) is 0 Å². The Balaban J connectivity index is 0.000000172. The van der Waals surface area contributed by atoms with Gasteiger partial charge in [-0.3, -0.25) is 48.1 Å². The third kappa shape index (κ3) is 29.1. The number of ether oxygens (including phenoxy) is 6. The fraction of sp³-hybridized carbons (Fsp3) is 0.106. The van der Waals surface area contributed by atoms with Gasteiger partial charge in [-0.1, -0.05) is 104 Å². The SMILES string of the molecule is CCCNC(=O)Nc1cc(=O)n(-c2ccc(OC(F)(F)F)cc2)cc1-c1ccc(F)cc1.CCOC(=O)Nc1cc(=O)n(-c2ccc(OC(F)(F)F)cc2)cc1-c1ccc(F)cc1.O=C(NCc1ccccc1)Nc1cc(=O)n(-c2ccc(OC(F)(F)F)cc2)cc1-c1ccc(F)cc1.O=C(Nc1cc(=O)n(-c2ccc(OC(F)(F)F)cc2)cc1-c1ccc(F)cc1)Oc1ccccc1. The van der Waals surface area contributed by atoms with E-state index < -0.39 is 118 Å². The second kappa shape index (κ2) is 44.0. The molecular weight excluding hydrogens is 1800 g/mol. The molecule has 6 N–H and O–H groups in total. The first kappa shape index (κ1) is 97.8. The van der Waals surface area contributed by atoms with Crippen molar-refractivity contribution in [3.8, 4) is 96.0 Å². The molecule has 40 heteroatoms. The normalized spacial score (nSPS) is 11.1. The van der Waals surface area contributed by atoms with Crippen molar-refractivity contribution in [2.24, 2.45) is 0 Å². The summed E-state index contributed by atoms with van der Waals surface area (Å²) in [7, 11) is 0. The molecule has 134 heavy (non-hydrogen) atoms. The number of nitrogens with one attached hydrogen (secondary N) is 6. The summed E-state index contributed by atoms with van der Waals surface area (Å²) in [6.07, 6.45) is -14.7. The van der Waals surface area contributed by atoms with Crippen LogP contribution in [0.4, 0.5) is 112 Å².